The molecule has 1 unspecified atom stereocenters. The van der Waals surface area contributed by atoms with E-state index in [9.17, 15) is 9.90 Å². The van der Waals surface area contributed by atoms with Crippen molar-refractivity contribution < 1.29 is 14.6 Å². The molecule has 2 rings (SSSR count). The molecule has 1 atom stereocenters. The first-order chi connectivity index (χ1) is 8.22. The number of carboxylic acids is 1. The molecular formula is C13H17NO3. The van der Waals surface area contributed by atoms with Crippen molar-refractivity contribution in [2.24, 2.45) is 0 Å². The number of ether oxygens (including phenoxy) is 1. The van der Waals surface area contributed by atoms with Gasteiger partial charge in [-0.25, -0.2) is 0 Å². The molecule has 1 N–H and O–H groups in total. The Kier molecular flexibility index (Phi) is 3.64. The fraction of sp³-hybridized carbons (Fsp3) is 0.462. The fourth-order valence-corrected chi connectivity index (χ4v) is 2.20. The molecule has 0 amide bonds. The van der Waals surface area contributed by atoms with E-state index in [0.29, 0.717) is 26.1 Å². The molecule has 0 aliphatic carbocycles. The van der Waals surface area contributed by atoms with Crippen LogP contribution < -0.4 is 4.74 Å². The number of fused-ring (bicyclic) bond motifs is 1. The van der Waals surface area contributed by atoms with E-state index in [1.165, 1.54) is 0 Å². The number of benzene rings is 1. The van der Waals surface area contributed by atoms with Crippen molar-refractivity contribution >= 4 is 5.97 Å². The highest BCUT2D eigenvalue weighted by Crippen LogP contribution is 2.24. The summed E-state index contributed by atoms with van der Waals surface area (Å²) in [5.41, 5.74) is 1.06. The van der Waals surface area contributed by atoms with Gasteiger partial charge < -0.3 is 9.84 Å². The van der Waals surface area contributed by atoms with Gasteiger partial charge in [0.15, 0.2) is 0 Å². The van der Waals surface area contributed by atoms with E-state index in [1.54, 1.807) is 0 Å². The molecule has 92 valence electrons. The third kappa shape index (κ3) is 2.58. The lowest BCUT2D eigenvalue weighted by atomic mass is 10.1. The van der Waals surface area contributed by atoms with E-state index >= 15 is 0 Å². The molecule has 17 heavy (non-hydrogen) atoms. The van der Waals surface area contributed by atoms with E-state index in [4.69, 9.17) is 4.74 Å². The Bertz CT molecular complexity index is 405. The van der Waals surface area contributed by atoms with Gasteiger partial charge in [-0.15, -0.1) is 0 Å². The molecule has 0 saturated carbocycles. The Morgan fingerprint density at radius 3 is 3.00 bits per heavy atom. The SMILES string of the molecule is CCC(C(=O)O)N1CCOc2ccccc2C1. The van der Waals surface area contributed by atoms with Crippen molar-refractivity contribution in [3.05, 3.63) is 29.8 Å². The van der Waals surface area contributed by atoms with Crippen LogP contribution in [0.1, 0.15) is 18.9 Å². The maximum absolute atomic E-state index is 11.2. The van der Waals surface area contributed by atoms with Gasteiger partial charge in [0.25, 0.3) is 0 Å². The molecule has 1 aliphatic rings. The minimum absolute atomic E-state index is 0.426. The van der Waals surface area contributed by atoms with Crippen LogP contribution >= 0.6 is 0 Å². The Hall–Kier alpha value is -1.55. The second-order valence-electron chi connectivity index (χ2n) is 4.19. The van der Waals surface area contributed by atoms with Crippen LogP contribution in [-0.4, -0.2) is 35.2 Å². The van der Waals surface area contributed by atoms with E-state index < -0.39 is 12.0 Å². The highest BCUT2D eigenvalue weighted by Gasteiger charge is 2.26. The summed E-state index contributed by atoms with van der Waals surface area (Å²) in [6.07, 6.45) is 0.609. The molecule has 0 fully saturated rings. The third-order valence-electron chi connectivity index (χ3n) is 3.09. The number of rotatable bonds is 3. The molecule has 4 nitrogen and oxygen atoms in total. The molecular weight excluding hydrogens is 218 g/mol. The number of carbonyl (C=O) groups is 1. The minimum Gasteiger partial charge on any atom is -0.492 e. The van der Waals surface area contributed by atoms with Crippen molar-refractivity contribution in [2.45, 2.75) is 25.9 Å². The second kappa shape index (κ2) is 5.19. The van der Waals surface area contributed by atoms with Gasteiger partial charge in [0.05, 0.1) is 0 Å². The maximum Gasteiger partial charge on any atom is 0.320 e. The zero-order chi connectivity index (χ0) is 12.3. The van der Waals surface area contributed by atoms with Crippen LogP contribution in [-0.2, 0) is 11.3 Å². The standard InChI is InChI=1S/C13H17NO3/c1-2-11(13(15)16)14-7-8-17-12-6-4-3-5-10(12)9-14/h3-6,11H,2,7-9H2,1H3,(H,15,16). The monoisotopic (exact) mass is 235 g/mol. The normalized spacial score (nSPS) is 17.7. The van der Waals surface area contributed by atoms with Gasteiger partial charge in [0.2, 0.25) is 0 Å². The first-order valence-electron chi connectivity index (χ1n) is 5.90. The Balaban J connectivity index is 2.20. The number of aliphatic carboxylic acids is 1. The number of hydrogen-bond donors (Lipinski definition) is 1. The first-order valence-corrected chi connectivity index (χ1v) is 5.90. The van der Waals surface area contributed by atoms with Crippen LogP contribution in [0.2, 0.25) is 0 Å². The van der Waals surface area contributed by atoms with Crippen molar-refractivity contribution in [3.63, 3.8) is 0 Å². The van der Waals surface area contributed by atoms with Gasteiger partial charge in [-0.05, 0) is 12.5 Å². The average Bonchev–Trinajstić information content (AvgIpc) is 2.51. The van der Waals surface area contributed by atoms with Gasteiger partial charge >= 0.3 is 5.97 Å². The van der Waals surface area contributed by atoms with Crippen LogP contribution in [0.25, 0.3) is 0 Å². The lowest BCUT2D eigenvalue weighted by Crippen LogP contribution is -2.41. The summed E-state index contributed by atoms with van der Waals surface area (Å²) in [4.78, 5) is 13.1. The van der Waals surface area contributed by atoms with Crippen molar-refractivity contribution in [2.75, 3.05) is 13.2 Å². The Morgan fingerprint density at radius 1 is 1.53 bits per heavy atom. The van der Waals surface area contributed by atoms with E-state index in [2.05, 4.69) is 0 Å². The highest BCUT2D eigenvalue weighted by molar-refractivity contribution is 5.73. The number of carboxylic acid groups (broad SMARTS) is 1. The van der Waals surface area contributed by atoms with Crippen molar-refractivity contribution in [3.8, 4) is 5.75 Å². The summed E-state index contributed by atoms with van der Waals surface area (Å²) in [6, 6.07) is 7.38. The lowest BCUT2D eigenvalue weighted by Gasteiger charge is -2.25. The predicted octanol–water partition coefficient (Wildman–Crippen LogP) is 1.74. The van der Waals surface area contributed by atoms with E-state index in [0.717, 1.165) is 11.3 Å². The Labute approximate surface area is 101 Å². The molecule has 1 aromatic carbocycles. The topological polar surface area (TPSA) is 49.8 Å². The van der Waals surface area contributed by atoms with Crippen molar-refractivity contribution in [1.29, 1.82) is 0 Å². The summed E-state index contributed by atoms with van der Waals surface area (Å²) in [7, 11) is 0. The molecule has 0 spiro atoms. The second-order valence-corrected chi connectivity index (χ2v) is 4.19. The van der Waals surface area contributed by atoms with Gasteiger partial charge in [-0.1, -0.05) is 25.1 Å². The summed E-state index contributed by atoms with van der Waals surface area (Å²) >= 11 is 0. The van der Waals surface area contributed by atoms with Crippen LogP contribution in [0.5, 0.6) is 5.75 Å². The van der Waals surface area contributed by atoms with Gasteiger partial charge in [0.1, 0.15) is 18.4 Å². The molecule has 1 heterocycles. The number of nitrogens with zero attached hydrogens (tertiary/aromatic N) is 1. The largest absolute Gasteiger partial charge is 0.492 e. The van der Waals surface area contributed by atoms with Gasteiger partial charge in [-0.2, -0.15) is 0 Å². The minimum atomic E-state index is -0.758. The Morgan fingerprint density at radius 2 is 2.29 bits per heavy atom. The summed E-state index contributed by atoms with van der Waals surface area (Å²) in [5.74, 6) is 0.113. The fourth-order valence-electron chi connectivity index (χ4n) is 2.20. The van der Waals surface area contributed by atoms with E-state index in [-0.39, 0.29) is 0 Å². The molecule has 1 aliphatic heterocycles. The van der Waals surface area contributed by atoms with Crippen LogP contribution in [0.4, 0.5) is 0 Å². The van der Waals surface area contributed by atoms with Crippen LogP contribution in [0, 0.1) is 0 Å². The summed E-state index contributed by atoms with van der Waals surface area (Å²) < 4.78 is 5.62. The smallest absolute Gasteiger partial charge is 0.320 e. The van der Waals surface area contributed by atoms with Gasteiger partial charge in [0, 0.05) is 18.7 Å². The maximum atomic E-state index is 11.2. The number of hydrogen-bond acceptors (Lipinski definition) is 3. The molecule has 0 bridgehead atoms. The molecule has 0 radical (unpaired) electrons. The summed E-state index contributed by atoms with van der Waals surface area (Å²) in [5, 5.41) is 9.18. The quantitative estimate of drug-likeness (QED) is 0.867. The van der Waals surface area contributed by atoms with Crippen LogP contribution in [0.3, 0.4) is 0 Å². The number of para-hydroxylation sites is 1. The predicted molar refractivity (Wildman–Crippen MR) is 64.1 cm³/mol. The molecule has 0 saturated heterocycles. The molecule has 0 aromatic heterocycles. The summed E-state index contributed by atoms with van der Waals surface area (Å²) in [6.45, 7) is 3.73. The zero-order valence-corrected chi connectivity index (χ0v) is 9.93. The van der Waals surface area contributed by atoms with Gasteiger partial charge in [-0.3, -0.25) is 9.69 Å². The molecule has 4 heteroatoms. The van der Waals surface area contributed by atoms with Crippen molar-refractivity contribution in [1.82, 2.24) is 4.90 Å². The zero-order valence-electron chi connectivity index (χ0n) is 9.93. The first kappa shape index (κ1) is 11.9. The lowest BCUT2D eigenvalue weighted by molar-refractivity contribution is -0.143. The molecule has 1 aromatic rings. The third-order valence-corrected chi connectivity index (χ3v) is 3.09. The average molecular weight is 235 g/mol. The van der Waals surface area contributed by atoms with E-state index in [1.807, 2.05) is 36.1 Å². The van der Waals surface area contributed by atoms with Crippen LogP contribution in [0.15, 0.2) is 24.3 Å². The highest BCUT2D eigenvalue weighted by atomic mass is 16.5.